The number of nitrogens with zero attached hydrogens (tertiary/aromatic N) is 1. The fraction of sp³-hybridized carbons (Fsp3) is 0.818. The number of imide groups is 1. The minimum Gasteiger partial charge on any atom is -0.316 e. The van der Waals surface area contributed by atoms with Crippen LogP contribution in [0.1, 0.15) is 26.2 Å². The summed E-state index contributed by atoms with van der Waals surface area (Å²) in [6.45, 7) is 4.53. The first-order chi connectivity index (χ1) is 7.16. The first-order valence-corrected chi connectivity index (χ1v) is 5.70. The van der Waals surface area contributed by atoms with Gasteiger partial charge in [-0.2, -0.15) is 0 Å². The zero-order chi connectivity index (χ0) is 10.8. The van der Waals surface area contributed by atoms with E-state index in [1.807, 2.05) is 6.92 Å². The van der Waals surface area contributed by atoms with Crippen molar-refractivity contribution in [3.05, 3.63) is 0 Å². The van der Waals surface area contributed by atoms with Crippen molar-refractivity contribution in [2.24, 2.45) is 11.8 Å². The van der Waals surface area contributed by atoms with E-state index in [-0.39, 0.29) is 17.7 Å². The summed E-state index contributed by atoms with van der Waals surface area (Å²) in [6, 6.07) is 0. The molecule has 1 unspecified atom stereocenters. The van der Waals surface area contributed by atoms with Crippen LogP contribution in [0.3, 0.4) is 0 Å². The fourth-order valence-corrected chi connectivity index (χ4v) is 2.36. The van der Waals surface area contributed by atoms with E-state index in [1.165, 1.54) is 4.90 Å². The molecule has 1 atom stereocenters. The van der Waals surface area contributed by atoms with E-state index in [1.54, 1.807) is 0 Å². The number of rotatable bonds is 2. The largest absolute Gasteiger partial charge is 0.316 e. The molecule has 4 heteroatoms. The SMILES string of the molecule is CC1CC(=O)N(CC2CCNC2)C(=O)C1. The number of amides is 2. The van der Waals surface area contributed by atoms with E-state index in [2.05, 4.69) is 5.32 Å². The Labute approximate surface area is 90.0 Å². The van der Waals surface area contributed by atoms with Gasteiger partial charge in [0.05, 0.1) is 0 Å². The number of nitrogens with one attached hydrogen (secondary N) is 1. The molecule has 0 saturated carbocycles. The molecule has 2 aliphatic heterocycles. The van der Waals surface area contributed by atoms with Crippen LogP contribution in [0.15, 0.2) is 0 Å². The molecule has 0 aromatic heterocycles. The summed E-state index contributed by atoms with van der Waals surface area (Å²) in [6.07, 6.45) is 2.14. The quantitative estimate of drug-likeness (QED) is 0.670. The summed E-state index contributed by atoms with van der Waals surface area (Å²) in [5, 5.41) is 3.25. The highest BCUT2D eigenvalue weighted by atomic mass is 16.2. The van der Waals surface area contributed by atoms with Crippen LogP contribution >= 0.6 is 0 Å². The Kier molecular flexibility index (Phi) is 3.05. The Balaban J connectivity index is 1.94. The molecule has 0 radical (unpaired) electrons. The van der Waals surface area contributed by atoms with E-state index >= 15 is 0 Å². The lowest BCUT2D eigenvalue weighted by atomic mass is 9.96. The molecule has 0 spiro atoms. The minimum atomic E-state index is 0.0191. The number of hydrogen-bond acceptors (Lipinski definition) is 3. The number of carbonyl (C=O) groups is 2. The molecule has 2 saturated heterocycles. The Morgan fingerprint density at radius 1 is 1.33 bits per heavy atom. The second-order valence-electron chi connectivity index (χ2n) is 4.77. The van der Waals surface area contributed by atoms with Crippen LogP contribution in [0.5, 0.6) is 0 Å². The predicted molar refractivity (Wildman–Crippen MR) is 56.1 cm³/mol. The van der Waals surface area contributed by atoms with Crippen molar-refractivity contribution >= 4 is 11.8 Å². The van der Waals surface area contributed by atoms with Crippen molar-refractivity contribution in [2.75, 3.05) is 19.6 Å². The zero-order valence-corrected chi connectivity index (χ0v) is 9.16. The van der Waals surface area contributed by atoms with E-state index in [0.29, 0.717) is 25.3 Å². The molecule has 0 aromatic carbocycles. The molecule has 2 heterocycles. The topological polar surface area (TPSA) is 49.4 Å². The van der Waals surface area contributed by atoms with Crippen LogP contribution in [0, 0.1) is 11.8 Å². The predicted octanol–water partition coefficient (Wildman–Crippen LogP) is 0.381. The standard InChI is InChI=1S/C11H18N2O2/c1-8-4-10(14)13(11(15)5-8)7-9-2-3-12-6-9/h8-9,12H,2-7H2,1H3. The van der Waals surface area contributed by atoms with Crippen LogP contribution in [-0.2, 0) is 9.59 Å². The fourth-order valence-electron chi connectivity index (χ4n) is 2.36. The number of carbonyl (C=O) groups excluding carboxylic acids is 2. The third-order valence-corrected chi connectivity index (χ3v) is 3.25. The molecule has 2 rings (SSSR count). The second-order valence-corrected chi connectivity index (χ2v) is 4.77. The van der Waals surface area contributed by atoms with Gasteiger partial charge in [-0.05, 0) is 31.3 Å². The highest BCUT2D eigenvalue weighted by molar-refractivity contribution is 5.97. The van der Waals surface area contributed by atoms with Gasteiger partial charge in [-0.25, -0.2) is 0 Å². The molecule has 0 aromatic rings. The van der Waals surface area contributed by atoms with Gasteiger partial charge >= 0.3 is 0 Å². The molecular formula is C11H18N2O2. The molecule has 84 valence electrons. The summed E-state index contributed by atoms with van der Waals surface area (Å²) in [7, 11) is 0. The lowest BCUT2D eigenvalue weighted by molar-refractivity contribution is -0.150. The lowest BCUT2D eigenvalue weighted by Crippen LogP contribution is -2.45. The summed E-state index contributed by atoms with van der Waals surface area (Å²) in [4.78, 5) is 24.8. The van der Waals surface area contributed by atoms with E-state index in [0.717, 1.165) is 19.5 Å². The van der Waals surface area contributed by atoms with Gasteiger partial charge in [0.1, 0.15) is 0 Å². The molecule has 0 bridgehead atoms. The molecule has 1 N–H and O–H groups in total. The zero-order valence-electron chi connectivity index (χ0n) is 9.16. The average molecular weight is 210 g/mol. The van der Waals surface area contributed by atoms with Crippen molar-refractivity contribution in [3.8, 4) is 0 Å². The van der Waals surface area contributed by atoms with Crippen molar-refractivity contribution in [2.45, 2.75) is 26.2 Å². The Morgan fingerprint density at radius 3 is 2.53 bits per heavy atom. The van der Waals surface area contributed by atoms with Crippen LogP contribution in [0.25, 0.3) is 0 Å². The smallest absolute Gasteiger partial charge is 0.229 e. The molecule has 2 fully saturated rings. The summed E-state index contributed by atoms with van der Waals surface area (Å²) in [5.41, 5.74) is 0. The van der Waals surface area contributed by atoms with Gasteiger partial charge in [-0.15, -0.1) is 0 Å². The number of likely N-dealkylation sites (tertiary alicyclic amines) is 1. The van der Waals surface area contributed by atoms with Gasteiger partial charge in [-0.3, -0.25) is 14.5 Å². The molecule has 2 amide bonds. The van der Waals surface area contributed by atoms with Gasteiger partial charge in [0.15, 0.2) is 0 Å². The second kappa shape index (κ2) is 4.31. The van der Waals surface area contributed by atoms with E-state index in [4.69, 9.17) is 0 Å². The number of hydrogen-bond donors (Lipinski definition) is 1. The van der Waals surface area contributed by atoms with Gasteiger partial charge < -0.3 is 5.32 Å². The molecule has 0 aliphatic carbocycles. The van der Waals surface area contributed by atoms with Crippen LogP contribution in [0.2, 0.25) is 0 Å². The van der Waals surface area contributed by atoms with Gasteiger partial charge in [0.25, 0.3) is 0 Å². The Morgan fingerprint density at radius 2 is 2.00 bits per heavy atom. The Bertz CT molecular complexity index is 254. The van der Waals surface area contributed by atoms with Gasteiger partial charge in [0, 0.05) is 19.4 Å². The normalized spacial score (nSPS) is 28.9. The van der Waals surface area contributed by atoms with Crippen molar-refractivity contribution in [3.63, 3.8) is 0 Å². The first-order valence-electron chi connectivity index (χ1n) is 5.70. The maximum Gasteiger partial charge on any atom is 0.229 e. The van der Waals surface area contributed by atoms with Gasteiger partial charge in [0.2, 0.25) is 11.8 Å². The maximum absolute atomic E-state index is 11.7. The van der Waals surface area contributed by atoms with Gasteiger partial charge in [-0.1, -0.05) is 6.92 Å². The lowest BCUT2D eigenvalue weighted by Gasteiger charge is -2.30. The summed E-state index contributed by atoms with van der Waals surface area (Å²) < 4.78 is 0. The molecule has 4 nitrogen and oxygen atoms in total. The number of piperidine rings is 1. The van der Waals surface area contributed by atoms with Crippen LogP contribution < -0.4 is 5.32 Å². The highest BCUT2D eigenvalue weighted by Gasteiger charge is 2.32. The third-order valence-electron chi connectivity index (χ3n) is 3.25. The molecule has 2 aliphatic rings. The molecule has 15 heavy (non-hydrogen) atoms. The summed E-state index contributed by atoms with van der Waals surface area (Å²) >= 11 is 0. The first kappa shape index (κ1) is 10.6. The Hall–Kier alpha value is -0.900. The monoisotopic (exact) mass is 210 g/mol. The van der Waals surface area contributed by atoms with Crippen molar-refractivity contribution in [1.82, 2.24) is 10.2 Å². The van der Waals surface area contributed by atoms with E-state index in [9.17, 15) is 9.59 Å². The maximum atomic E-state index is 11.7. The van der Waals surface area contributed by atoms with Crippen molar-refractivity contribution < 1.29 is 9.59 Å². The van der Waals surface area contributed by atoms with Crippen molar-refractivity contribution in [1.29, 1.82) is 0 Å². The molecular weight excluding hydrogens is 192 g/mol. The van der Waals surface area contributed by atoms with Crippen LogP contribution in [-0.4, -0.2) is 36.3 Å². The summed E-state index contributed by atoms with van der Waals surface area (Å²) in [5.74, 6) is 0.727. The average Bonchev–Trinajstić information content (AvgIpc) is 2.63. The van der Waals surface area contributed by atoms with Crippen LogP contribution in [0.4, 0.5) is 0 Å². The minimum absolute atomic E-state index is 0.0191. The third kappa shape index (κ3) is 2.37. The van der Waals surface area contributed by atoms with E-state index < -0.39 is 0 Å². The highest BCUT2D eigenvalue weighted by Crippen LogP contribution is 2.21.